The summed E-state index contributed by atoms with van der Waals surface area (Å²) in [4.78, 5) is 29.9. The van der Waals surface area contributed by atoms with Crippen LogP contribution in [0.3, 0.4) is 0 Å². The number of hydrogen-bond donors (Lipinski definition) is 1. The zero-order chi connectivity index (χ0) is 17.5. The summed E-state index contributed by atoms with van der Waals surface area (Å²) in [5, 5.41) is 7.02. The molecule has 2 aliphatic rings. The predicted octanol–water partition coefficient (Wildman–Crippen LogP) is 0.387. The number of fused-ring (bicyclic) bond motifs is 1. The van der Waals surface area contributed by atoms with E-state index in [1.807, 2.05) is 4.90 Å². The molecule has 0 radical (unpaired) electrons. The van der Waals surface area contributed by atoms with Crippen LogP contribution in [0, 0.1) is 11.3 Å². The lowest BCUT2D eigenvalue weighted by Gasteiger charge is -2.23. The number of nitrogens with zero attached hydrogens (tertiary/aromatic N) is 5. The van der Waals surface area contributed by atoms with E-state index in [9.17, 15) is 9.59 Å². The summed E-state index contributed by atoms with van der Waals surface area (Å²) in [6.45, 7) is 6.08. The van der Waals surface area contributed by atoms with Crippen LogP contribution in [-0.2, 0) is 11.3 Å². The number of rotatable bonds is 3. The van der Waals surface area contributed by atoms with Gasteiger partial charge in [0.15, 0.2) is 0 Å². The minimum Gasteiger partial charge on any atom is -0.347 e. The molecule has 132 valence electrons. The molecule has 1 N–H and O–H groups in total. The van der Waals surface area contributed by atoms with E-state index in [0.717, 1.165) is 26.2 Å². The molecule has 2 aliphatic heterocycles. The maximum Gasteiger partial charge on any atom is 0.321 e. The summed E-state index contributed by atoms with van der Waals surface area (Å²) in [6, 6.07) is -0.0910. The lowest BCUT2D eigenvalue weighted by Crippen LogP contribution is -2.37. The van der Waals surface area contributed by atoms with Crippen LogP contribution in [-0.4, -0.2) is 83.7 Å². The van der Waals surface area contributed by atoms with E-state index in [2.05, 4.69) is 29.3 Å². The number of nitrogens with one attached hydrogen (secondary N) is 1. The zero-order valence-corrected chi connectivity index (χ0v) is 14.8. The minimum atomic E-state index is -0.0910. The SMILES string of the molecule is CN1C[C@H]2CN(C(=O)Nc3cnn(CC(=O)N(C)C)c3)C[C@@]2(C)C1. The third kappa shape index (κ3) is 3.24. The number of carbonyl (C=O) groups is 2. The Hall–Kier alpha value is -2.09. The summed E-state index contributed by atoms with van der Waals surface area (Å²) in [6.07, 6.45) is 3.26. The topological polar surface area (TPSA) is 73.7 Å². The highest BCUT2D eigenvalue weighted by Gasteiger charge is 2.49. The lowest BCUT2D eigenvalue weighted by atomic mass is 9.83. The van der Waals surface area contributed by atoms with Gasteiger partial charge < -0.3 is 20.0 Å². The molecule has 3 heterocycles. The number of likely N-dealkylation sites (N-methyl/N-ethyl adjacent to an activating group) is 1. The molecule has 0 aliphatic carbocycles. The van der Waals surface area contributed by atoms with E-state index in [4.69, 9.17) is 0 Å². The first kappa shape index (κ1) is 16.8. The molecule has 1 aromatic rings. The lowest BCUT2D eigenvalue weighted by molar-refractivity contribution is -0.129. The van der Waals surface area contributed by atoms with Gasteiger partial charge in [-0.1, -0.05) is 6.92 Å². The number of likely N-dealkylation sites (tertiary alicyclic amines) is 2. The molecule has 0 unspecified atom stereocenters. The first-order chi connectivity index (χ1) is 11.3. The fourth-order valence-corrected chi connectivity index (χ4v) is 3.78. The van der Waals surface area contributed by atoms with Crippen molar-refractivity contribution in [2.45, 2.75) is 13.5 Å². The predicted molar refractivity (Wildman–Crippen MR) is 90.6 cm³/mol. The number of aromatic nitrogens is 2. The van der Waals surface area contributed by atoms with Gasteiger partial charge in [0.05, 0.1) is 11.9 Å². The Labute approximate surface area is 142 Å². The van der Waals surface area contributed by atoms with Crippen molar-refractivity contribution in [1.29, 1.82) is 0 Å². The molecular formula is C16H26N6O2. The molecular weight excluding hydrogens is 308 g/mol. The summed E-state index contributed by atoms with van der Waals surface area (Å²) in [5.74, 6) is 0.495. The van der Waals surface area contributed by atoms with Gasteiger partial charge in [0.2, 0.25) is 5.91 Å². The van der Waals surface area contributed by atoms with Crippen molar-refractivity contribution < 1.29 is 9.59 Å². The molecule has 8 nitrogen and oxygen atoms in total. The van der Waals surface area contributed by atoms with E-state index in [0.29, 0.717) is 11.6 Å². The van der Waals surface area contributed by atoms with Gasteiger partial charge >= 0.3 is 6.03 Å². The Bertz CT molecular complexity index is 642. The fraction of sp³-hybridized carbons (Fsp3) is 0.688. The highest BCUT2D eigenvalue weighted by atomic mass is 16.2. The number of carbonyl (C=O) groups excluding carboxylic acids is 2. The Morgan fingerprint density at radius 1 is 1.38 bits per heavy atom. The maximum atomic E-state index is 12.5. The molecule has 24 heavy (non-hydrogen) atoms. The second kappa shape index (κ2) is 6.08. The number of hydrogen-bond acceptors (Lipinski definition) is 4. The molecule has 2 atom stereocenters. The highest BCUT2D eigenvalue weighted by molar-refractivity contribution is 5.89. The van der Waals surface area contributed by atoms with Crippen molar-refractivity contribution >= 4 is 17.6 Å². The Kier molecular flexibility index (Phi) is 4.25. The van der Waals surface area contributed by atoms with Gasteiger partial charge in [0.25, 0.3) is 0 Å². The standard InChI is InChI=1S/C16H26N6O2/c1-16-10-20(4)6-12(16)7-21(11-16)15(24)18-13-5-17-22(8-13)9-14(23)19(2)3/h5,8,12H,6-7,9-11H2,1-4H3,(H,18,24)/t12-,16+/m0/s1. The maximum absolute atomic E-state index is 12.5. The first-order valence-corrected chi connectivity index (χ1v) is 8.24. The van der Waals surface area contributed by atoms with Gasteiger partial charge in [0, 0.05) is 51.9 Å². The highest BCUT2D eigenvalue weighted by Crippen LogP contribution is 2.41. The van der Waals surface area contributed by atoms with Crippen LogP contribution >= 0.6 is 0 Å². The van der Waals surface area contributed by atoms with Crippen LogP contribution in [0.2, 0.25) is 0 Å². The fourth-order valence-electron chi connectivity index (χ4n) is 3.78. The average molecular weight is 334 g/mol. The molecule has 0 spiro atoms. The molecule has 3 rings (SSSR count). The molecule has 3 amide bonds. The van der Waals surface area contributed by atoms with Gasteiger partial charge in [0.1, 0.15) is 6.54 Å². The van der Waals surface area contributed by atoms with Gasteiger partial charge in [-0.2, -0.15) is 5.10 Å². The molecule has 1 aromatic heterocycles. The molecule has 8 heteroatoms. The van der Waals surface area contributed by atoms with Crippen molar-refractivity contribution in [1.82, 2.24) is 24.5 Å². The van der Waals surface area contributed by atoms with Crippen LogP contribution < -0.4 is 5.32 Å². The van der Waals surface area contributed by atoms with E-state index in [1.165, 1.54) is 9.58 Å². The molecule has 2 saturated heterocycles. The van der Waals surface area contributed by atoms with Crippen molar-refractivity contribution in [3.8, 4) is 0 Å². The zero-order valence-electron chi connectivity index (χ0n) is 14.8. The van der Waals surface area contributed by atoms with Crippen LogP contribution in [0.4, 0.5) is 10.5 Å². The summed E-state index contributed by atoms with van der Waals surface area (Å²) in [7, 11) is 5.55. The molecule has 0 saturated carbocycles. The summed E-state index contributed by atoms with van der Waals surface area (Å²) in [5.41, 5.74) is 0.805. The second-order valence-corrected chi connectivity index (χ2v) is 7.57. The third-order valence-electron chi connectivity index (χ3n) is 5.11. The van der Waals surface area contributed by atoms with Gasteiger partial charge in [-0.15, -0.1) is 0 Å². The van der Waals surface area contributed by atoms with Crippen molar-refractivity contribution in [2.75, 3.05) is 52.6 Å². The number of urea groups is 1. The van der Waals surface area contributed by atoms with E-state index < -0.39 is 0 Å². The number of anilines is 1. The van der Waals surface area contributed by atoms with Crippen LogP contribution in [0.15, 0.2) is 12.4 Å². The Morgan fingerprint density at radius 2 is 2.12 bits per heavy atom. The smallest absolute Gasteiger partial charge is 0.321 e. The summed E-state index contributed by atoms with van der Waals surface area (Å²) >= 11 is 0. The van der Waals surface area contributed by atoms with Crippen LogP contribution in [0.25, 0.3) is 0 Å². The Balaban J connectivity index is 1.57. The molecule has 2 fully saturated rings. The van der Waals surface area contributed by atoms with Crippen LogP contribution in [0.1, 0.15) is 6.92 Å². The largest absolute Gasteiger partial charge is 0.347 e. The average Bonchev–Trinajstić information content (AvgIpc) is 3.10. The van der Waals surface area contributed by atoms with Gasteiger partial charge in [-0.25, -0.2) is 4.79 Å². The monoisotopic (exact) mass is 334 g/mol. The van der Waals surface area contributed by atoms with E-state index in [1.54, 1.807) is 26.5 Å². The van der Waals surface area contributed by atoms with Gasteiger partial charge in [-0.3, -0.25) is 9.48 Å². The normalized spacial score (nSPS) is 26.5. The minimum absolute atomic E-state index is 0.0413. The third-order valence-corrected chi connectivity index (χ3v) is 5.11. The molecule has 0 bridgehead atoms. The molecule has 0 aromatic carbocycles. The van der Waals surface area contributed by atoms with Crippen LogP contribution in [0.5, 0.6) is 0 Å². The first-order valence-electron chi connectivity index (χ1n) is 8.24. The Morgan fingerprint density at radius 3 is 2.79 bits per heavy atom. The quantitative estimate of drug-likeness (QED) is 0.868. The number of amides is 3. The van der Waals surface area contributed by atoms with E-state index >= 15 is 0 Å². The van der Waals surface area contributed by atoms with E-state index in [-0.39, 0.29) is 23.9 Å². The summed E-state index contributed by atoms with van der Waals surface area (Å²) < 4.78 is 1.53. The van der Waals surface area contributed by atoms with Crippen molar-refractivity contribution in [2.24, 2.45) is 11.3 Å². The van der Waals surface area contributed by atoms with Crippen molar-refractivity contribution in [3.63, 3.8) is 0 Å². The van der Waals surface area contributed by atoms with Crippen molar-refractivity contribution in [3.05, 3.63) is 12.4 Å². The second-order valence-electron chi connectivity index (χ2n) is 7.57. The van der Waals surface area contributed by atoms with Gasteiger partial charge in [-0.05, 0) is 13.0 Å².